The van der Waals surface area contributed by atoms with Gasteiger partial charge < -0.3 is 10.2 Å². The number of benzene rings is 1. The third-order valence-electron chi connectivity index (χ3n) is 4.43. The molecule has 0 saturated heterocycles. The molecule has 0 radical (unpaired) electrons. The Morgan fingerprint density at radius 1 is 1.39 bits per heavy atom. The molecule has 23 heavy (non-hydrogen) atoms. The van der Waals surface area contributed by atoms with Crippen molar-refractivity contribution in [1.82, 2.24) is 4.90 Å². The summed E-state index contributed by atoms with van der Waals surface area (Å²) in [6.45, 7) is 1.89. The summed E-state index contributed by atoms with van der Waals surface area (Å²) in [5.74, 6) is -0.230. The summed E-state index contributed by atoms with van der Waals surface area (Å²) in [4.78, 5) is 14.2. The quantitative estimate of drug-likeness (QED) is 0.662. The number of hydrogen-bond donors (Lipinski definition) is 1. The smallest absolute Gasteiger partial charge is 0.266 e. The van der Waals surface area contributed by atoms with Gasteiger partial charge in [-0.2, -0.15) is 5.26 Å². The largest absolute Gasteiger partial charge is 0.360 e. The van der Waals surface area contributed by atoms with Gasteiger partial charge in [0.25, 0.3) is 5.91 Å². The number of halogens is 1. The van der Waals surface area contributed by atoms with Crippen LogP contribution in [-0.2, 0) is 4.79 Å². The summed E-state index contributed by atoms with van der Waals surface area (Å²) in [7, 11) is 1.79. The van der Waals surface area contributed by atoms with Crippen LogP contribution in [0, 0.1) is 18.3 Å². The average molecular weight is 332 g/mol. The fraction of sp³-hybridized carbons (Fsp3) is 0.444. The van der Waals surface area contributed by atoms with Crippen LogP contribution < -0.4 is 5.32 Å². The highest BCUT2D eigenvalue weighted by molar-refractivity contribution is 6.31. The highest BCUT2D eigenvalue weighted by Gasteiger charge is 2.24. The van der Waals surface area contributed by atoms with E-state index in [1.807, 2.05) is 25.1 Å². The van der Waals surface area contributed by atoms with Crippen LogP contribution in [0.2, 0.25) is 5.02 Å². The zero-order valence-electron chi connectivity index (χ0n) is 13.6. The third kappa shape index (κ3) is 4.27. The molecule has 0 spiro atoms. The van der Waals surface area contributed by atoms with Gasteiger partial charge in [-0.15, -0.1) is 0 Å². The molecule has 5 heteroatoms. The number of likely N-dealkylation sites (N-methyl/N-ethyl adjacent to an activating group) is 1. The third-order valence-corrected chi connectivity index (χ3v) is 4.84. The second kappa shape index (κ2) is 8.03. The predicted octanol–water partition coefficient (Wildman–Crippen LogP) is 4.26. The highest BCUT2D eigenvalue weighted by atomic mass is 35.5. The number of hydrogen-bond acceptors (Lipinski definition) is 3. The summed E-state index contributed by atoms with van der Waals surface area (Å²) in [6.07, 6.45) is 7.03. The Labute approximate surface area is 142 Å². The van der Waals surface area contributed by atoms with Crippen molar-refractivity contribution < 1.29 is 4.79 Å². The monoisotopic (exact) mass is 331 g/mol. The molecule has 0 aromatic heterocycles. The van der Waals surface area contributed by atoms with E-state index in [2.05, 4.69) is 5.32 Å². The minimum Gasteiger partial charge on any atom is -0.360 e. The molecule has 0 atom stereocenters. The second-order valence-electron chi connectivity index (χ2n) is 5.93. The van der Waals surface area contributed by atoms with Gasteiger partial charge >= 0.3 is 0 Å². The molecule has 0 unspecified atom stereocenters. The molecule has 0 bridgehead atoms. The fourth-order valence-corrected chi connectivity index (χ4v) is 3.05. The summed E-state index contributed by atoms with van der Waals surface area (Å²) in [5.41, 5.74) is 1.78. The molecule has 1 aliphatic rings. The van der Waals surface area contributed by atoms with Gasteiger partial charge in [0.1, 0.15) is 11.6 Å². The predicted molar refractivity (Wildman–Crippen MR) is 93.2 cm³/mol. The Balaban J connectivity index is 2.10. The zero-order chi connectivity index (χ0) is 16.8. The number of rotatable bonds is 4. The molecule has 1 saturated carbocycles. The van der Waals surface area contributed by atoms with E-state index in [9.17, 15) is 10.1 Å². The van der Waals surface area contributed by atoms with E-state index in [1.54, 1.807) is 18.0 Å². The van der Waals surface area contributed by atoms with E-state index in [-0.39, 0.29) is 17.5 Å². The van der Waals surface area contributed by atoms with Gasteiger partial charge in [0.15, 0.2) is 0 Å². The SMILES string of the molecule is Cc1c(Cl)cccc1N/C=C(/C#N)C(=O)N(C)C1CCCCC1. The number of nitriles is 1. The summed E-state index contributed by atoms with van der Waals surface area (Å²) in [5, 5.41) is 13.0. The minimum absolute atomic E-state index is 0.109. The maximum atomic E-state index is 12.5. The van der Waals surface area contributed by atoms with Crippen LogP contribution in [0.15, 0.2) is 30.0 Å². The lowest BCUT2D eigenvalue weighted by molar-refractivity contribution is -0.128. The highest BCUT2D eigenvalue weighted by Crippen LogP contribution is 2.24. The van der Waals surface area contributed by atoms with E-state index >= 15 is 0 Å². The van der Waals surface area contributed by atoms with Crippen LogP contribution in [0.4, 0.5) is 5.69 Å². The molecule has 2 rings (SSSR count). The van der Waals surface area contributed by atoms with Gasteiger partial charge in [-0.05, 0) is 37.5 Å². The molecule has 122 valence electrons. The maximum absolute atomic E-state index is 12.5. The van der Waals surface area contributed by atoms with Crippen LogP contribution in [-0.4, -0.2) is 23.9 Å². The van der Waals surface area contributed by atoms with Gasteiger partial charge in [-0.3, -0.25) is 4.79 Å². The number of amides is 1. The standard InChI is InChI=1S/C18H22ClN3O/c1-13-16(19)9-6-10-17(13)21-12-14(11-20)18(23)22(2)15-7-4-3-5-8-15/h6,9-10,12,15,21H,3-5,7-8H2,1-2H3/b14-12-. The van der Waals surface area contributed by atoms with E-state index in [0.717, 1.165) is 36.9 Å². The van der Waals surface area contributed by atoms with Crippen LogP contribution in [0.3, 0.4) is 0 Å². The number of anilines is 1. The Morgan fingerprint density at radius 2 is 2.09 bits per heavy atom. The van der Waals surface area contributed by atoms with Gasteiger partial charge in [-0.1, -0.05) is 36.9 Å². The van der Waals surface area contributed by atoms with Crippen LogP contribution in [0.5, 0.6) is 0 Å². The lowest BCUT2D eigenvalue weighted by Gasteiger charge is -2.31. The van der Waals surface area contributed by atoms with Crippen molar-refractivity contribution >= 4 is 23.2 Å². The first kappa shape index (κ1) is 17.4. The van der Waals surface area contributed by atoms with E-state index in [4.69, 9.17) is 11.6 Å². The van der Waals surface area contributed by atoms with Gasteiger partial charge in [0, 0.05) is 30.0 Å². The van der Waals surface area contributed by atoms with Gasteiger partial charge in [0.05, 0.1) is 0 Å². The summed E-state index contributed by atoms with van der Waals surface area (Å²) in [6, 6.07) is 7.73. The molecule has 1 fully saturated rings. The molecule has 1 aromatic carbocycles. The van der Waals surface area contributed by atoms with Gasteiger partial charge in [0.2, 0.25) is 0 Å². The van der Waals surface area contributed by atoms with Crippen LogP contribution in [0.1, 0.15) is 37.7 Å². The first-order valence-electron chi connectivity index (χ1n) is 7.93. The first-order chi connectivity index (χ1) is 11.0. The van der Waals surface area contributed by atoms with Crippen molar-refractivity contribution in [1.29, 1.82) is 5.26 Å². The lowest BCUT2D eigenvalue weighted by atomic mass is 9.94. The minimum atomic E-state index is -0.230. The zero-order valence-corrected chi connectivity index (χ0v) is 14.4. The molecule has 1 amide bonds. The number of nitrogens with one attached hydrogen (secondary N) is 1. The van der Waals surface area contributed by atoms with Crippen molar-refractivity contribution in [3.63, 3.8) is 0 Å². The Hall–Kier alpha value is -1.99. The molecule has 1 N–H and O–H groups in total. The second-order valence-corrected chi connectivity index (χ2v) is 6.34. The van der Waals surface area contributed by atoms with Crippen LogP contribution in [0.25, 0.3) is 0 Å². The molecular weight excluding hydrogens is 310 g/mol. The van der Waals surface area contributed by atoms with Crippen molar-refractivity contribution in [2.75, 3.05) is 12.4 Å². The fourth-order valence-electron chi connectivity index (χ4n) is 2.88. The van der Waals surface area contributed by atoms with E-state index in [0.29, 0.717) is 5.02 Å². The van der Waals surface area contributed by atoms with Crippen LogP contribution >= 0.6 is 11.6 Å². The maximum Gasteiger partial charge on any atom is 0.266 e. The number of nitrogens with zero attached hydrogens (tertiary/aromatic N) is 2. The molecule has 1 aliphatic carbocycles. The lowest BCUT2D eigenvalue weighted by Crippen LogP contribution is -2.39. The molecule has 1 aromatic rings. The van der Waals surface area contributed by atoms with Crippen molar-refractivity contribution in [2.24, 2.45) is 0 Å². The topological polar surface area (TPSA) is 56.1 Å². The van der Waals surface area contributed by atoms with Gasteiger partial charge in [-0.25, -0.2) is 0 Å². The molecular formula is C18H22ClN3O. The molecule has 4 nitrogen and oxygen atoms in total. The average Bonchev–Trinajstić information content (AvgIpc) is 2.58. The van der Waals surface area contributed by atoms with E-state index < -0.39 is 0 Å². The Kier molecular flexibility index (Phi) is 6.06. The molecule has 0 aliphatic heterocycles. The first-order valence-corrected chi connectivity index (χ1v) is 8.31. The van der Waals surface area contributed by atoms with Crippen molar-refractivity contribution in [3.8, 4) is 6.07 Å². The molecule has 0 heterocycles. The Morgan fingerprint density at radius 3 is 2.74 bits per heavy atom. The van der Waals surface area contributed by atoms with Crippen molar-refractivity contribution in [3.05, 3.63) is 40.6 Å². The summed E-state index contributed by atoms with van der Waals surface area (Å²) >= 11 is 6.08. The number of carbonyl (C=O) groups is 1. The normalized spacial score (nSPS) is 15.8. The number of carbonyl (C=O) groups excluding carboxylic acids is 1. The van der Waals surface area contributed by atoms with E-state index in [1.165, 1.54) is 12.6 Å². The summed E-state index contributed by atoms with van der Waals surface area (Å²) < 4.78 is 0. The van der Waals surface area contributed by atoms with Crippen molar-refractivity contribution in [2.45, 2.75) is 45.1 Å². The Bertz CT molecular complexity index is 642.